The van der Waals surface area contributed by atoms with E-state index in [1.807, 2.05) is 0 Å². The molecule has 2 aliphatic rings. The molecule has 3 rings (SSSR count). The summed E-state index contributed by atoms with van der Waals surface area (Å²) in [5.41, 5.74) is 0.548. The van der Waals surface area contributed by atoms with Crippen molar-refractivity contribution in [2.45, 2.75) is 12.5 Å². The molecule has 3 heterocycles. The number of carbonyl (C=O) groups excluding carboxylic acids is 3. The minimum absolute atomic E-state index is 0.0394. The Morgan fingerprint density at radius 3 is 2.44 bits per heavy atom. The van der Waals surface area contributed by atoms with E-state index in [9.17, 15) is 22.8 Å². The lowest BCUT2D eigenvalue weighted by Gasteiger charge is -2.32. The lowest BCUT2D eigenvalue weighted by molar-refractivity contribution is -0.119. The highest BCUT2D eigenvalue weighted by Gasteiger charge is 2.33. The second-order valence-electron chi connectivity index (χ2n) is 6.87. The number of hydrogen-bond acceptors (Lipinski definition) is 6. The van der Waals surface area contributed by atoms with Gasteiger partial charge in [0.25, 0.3) is 11.8 Å². The minimum Gasteiger partial charge on any atom is -0.342 e. The van der Waals surface area contributed by atoms with E-state index in [-0.39, 0.29) is 34.9 Å². The molecule has 27 heavy (non-hydrogen) atoms. The van der Waals surface area contributed by atoms with Crippen molar-refractivity contribution in [3.05, 3.63) is 29.6 Å². The van der Waals surface area contributed by atoms with E-state index in [2.05, 4.69) is 4.98 Å². The Kier molecular flexibility index (Phi) is 5.45. The van der Waals surface area contributed by atoms with E-state index in [0.717, 1.165) is 6.41 Å². The highest BCUT2D eigenvalue weighted by molar-refractivity contribution is 7.91. The Hall–Kier alpha value is -2.49. The maximum absolute atomic E-state index is 12.7. The molecular weight excluding hydrogens is 372 g/mol. The number of hydrogen-bond donors (Lipinski definition) is 0. The van der Waals surface area contributed by atoms with Gasteiger partial charge in [0.15, 0.2) is 9.84 Å². The molecule has 9 nitrogen and oxygen atoms in total. The molecule has 0 aromatic carbocycles. The van der Waals surface area contributed by atoms with Crippen molar-refractivity contribution in [1.29, 1.82) is 0 Å². The van der Waals surface area contributed by atoms with Gasteiger partial charge in [-0.25, -0.2) is 8.42 Å². The molecule has 0 saturated carbocycles. The maximum Gasteiger partial charge on any atom is 0.255 e. The number of sulfone groups is 1. The van der Waals surface area contributed by atoms with Gasteiger partial charge in [-0.15, -0.1) is 0 Å². The van der Waals surface area contributed by atoms with Crippen LogP contribution in [0.3, 0.4) is 0 Å². The summed E-state index contributed by atoms with van der Waals surface area (Å²) in [6.45, 7) is 1.80. The molecule has 0 spiro atoms. The van der Waals surface area contributed by atoms with Crippen molar-refractivity contribution in [2.75, 3.05) is 44.7 Å². The van der Waals surface area contributed by atoms with Crippen LogP contribution in [0, 0.1) is 0 Å². The number of aromatic nitrogens is 1. The molecule has 10 heteroatoms. The third-order valence-corrected chi connectivity index (χ3v) is 6.81. The van der Waals surface area contributed by atoms with Gasteiger partial charge in [0.05, 0.1) is 22.6 Å². The molecular formula is C17H22N4O5S. The summed E-state index contributed by atoms with van der Waals surface area (Å²) < 4.78 is 23.3. The first kappa shape index (κ1) is 19.3. The third kappa shape index (κ3) is 4.26. The summed E-state index contributed by atoms with van der Waals surface area (Å²) in [6.07, 6.45) is 3.97. The van der Waals surface area contributed by atoms with Crippen LogP contribution in [0.1, 0.15) is 27.1 Å². The van der Waals surface area contributed by atoms with E-state index in [0.29, 0.717) is 38.2 Å². The van der Waals surface area contributed by atoms with Crippen LogP contribution in [-0.2, 0) is 14.6 Å². The number of rotatable bonds is 4. The number of amides is 3. The van der Waals surface area contributed by atoms with E-state index < -0.39 is 9.84 Å². The van der Waals surface area contributed by atoms with Gasteiger partial charge in [-0.2, -0.15) is 0 Å². The predicted molar refractivity (Wildman–Crippen MR) is 96.9 cm³/mol. The largest absolute Gasteiger partial charge is 0.342 e. The lowest BCUT2D eigenvalue weighted by atomic mass is 10.1. The first-order chi connectivity index (χ1) is 12.8. The van der Waals surface area contributed by atoms with Crippen molar-refractivity contribution < 1.29 is 22.8 Å². The molecule has 1 aromatic heterocycles. The molecule has 146 valence electrons. The lowest BCUT2D eigenvalue weighted by Crippen LogP contribution is -2.48. The van der Waals surface area contributed by atoms with Gasteiger partial charge in [0, 0.05) is 51.7 Å². The average molecular weight is 394 g/mol. The molecule has 2 saturated heterocycles. The molecule has 1 aromatic rings. The Labute approximate surface area is 157 Å². The van der Waals surface area contributed by atoms with Gasteiger partial charge >= 0.3 is 0 Å². The Morgan fingerprint density at radius 2 is 1.85 bits per heavy atom. The fraction of sp³-hybridized carbons (Fsp3) is 0.529. The Balaban J connectivity index is 1.70. The number of pyridine rings is 1. The topological polar surface area (TPSA) is 108 Å². The molecule has 1 atom stereocenters. The molecule has 0 aliphatic carbocycles. The predicted octanol–water partition coefficient (Wildman–Crippen LogP) is -0.745. The summed E-state index contributed by atoms with van der Waals surface area (Å²) in [5, 5.41) is 0. The van der Waals surface area contributed by atoms with Crippen molar-refractivity contribution in [1.82, 2.24) is 19.7 Å². The molecule has 0 bridgehead atoms. The standard InChI is InChI=1S/C17H22N4O5S/c1-19(15-2-7-27(25,26)11-15)16(23)13-8-14(10-18-9-13)17(24)21-5-3-20(12-22)4-6-21/h8-10,12,15H,2-7,11H2,1H3. The van der Waals surface area contributed by atoms with Crippen LogP contribution < -0.4 is 0 Å². The number of nitrogens with zero attached hydrogens (tertiary/aromatic N) is 4. The van der Waals surface area contributed by atoms with Crippen LogP contribution >= 0.6 is 0 Å². The van der Waals surface area contributed by atoms with Gasteiger partial charge in [0.1, 0.15) is 0 Å². The van der Waals surface area contributed by atoms with Crippen molar-refractivity contribution >= 4 is 28.1 Å². The van der Waals surface area contributed by atoms with Crippen LogP contribution in [0.25, 0.3) is 0 Å². The zero-order valence-electron chi connectivity index (χ0n) is 15.1. The first-order valence-electron chi connectivity index (χ1n) is 8.72. The smallest absolute Gasteiger partial charge is 0.255 e. The SMILES string of the molecule is CN(C(=O)c1cncc(C(=O)N2CCN(C=O)CC2)c1)C1CCS(=O)(=O)C1. The van der Waals surface area contributed by atoms with Crippen molar-refractivity contribution in [3.8, 4) is 0 Å². The second kappa shape index (κ2) is 7.63. The molecule has 3 amide bonds. The summed E-state index contributed by atoms with van der Waals surface area (Å²) in [6, 6.07) is 1.13. The van der Waals surface area contributed by atoms with Crippen LogP contribution in [-0.4, -0.2) is 97.1 Å². The van der Waals surface area contributed by atoms with Crippen molar-refractivity contribution in [3.63, 3.8) is 0 Å². The molecule has 2 fully saturated rings. The van der Waals surface area contributed by atoms with Crippen LogP contribution in [0.4, 0.5) is 0 Å². The first-order valence-corrected chi connectivity index (χ1v) is 10.5. The van der Waals surface area contributed by atoms with Crippen LogP contribution in [0.15, 0.2) is 18.5 Å². The molecule has 2 aliphatic heterocycles. The molecule has 0 N–H and O–H groups in total. The van der Waals surface area contributed by atoms with Gasteiger partial charge < -0.3 is 14.7 Å². The fourth-order valence-corrected chi connectivity index (χ4v) is 5.11. The highest BCUT2D eigenvalue weighted by atomic mass is 32.2. The summed E-state index contributed by atoms with van der Waals surface area (Å²) in [7, 11) is -1.53. The minimum atomic E-state index is -3.10. The highest BCUT2D eigenvalue weighted by Crippen LogP contribution is 2.19. The van der Waals surface area contributed by atoms with E-state index >= 15 is 0 Å². The van der Waals surface area contributed by atoms with E-state index in [1.165, 1.54) is 23.4 Å². The molecule has 0 radical (unpaired) electrons. The van der Waals surface area contributed by atoms with Gasteiger partial charge in [0.2, 0.25) is 6.41 Å². The van der Waals surface area contributed by atoms with Crippen LogP contribution in [0.5, 0.6) is 0 Å². The van der Waals surface area contributed by atoms with Gasteiger partial charge in [-0.3, -0.25) is 19.4 Å². The normalized spacial score (nSPS) is 21.7. The summed E-state index contributed by atoms with van der Waals surface area (Å²) in [5.74, 6) is -0.556. The van der Waals surface area contributed by atoms with Gasteiger partial charge in [-0.1, -0.05) is 0 Å². The Morgan fingerprint density at radius 1 is 1.19 bits per heavy atom. The average Bonchev–Trinajstić information content (AvgIpc) is 3.06. The summed E-state index contributed by atoms with van der Waals surface area (Å²) in [4.78, 5) is 44.8. The second-order valence-corrected chi connectivity index (χ2v) is 9.10. The number of piperazine rings is 1. The number of carbonyl (C=O) groups is 3. The van der Waals surface area contributed by atoms with E-state index in [4.69, 9.17) is 0 Å². The monoisotopic (exact) mass is 394 g/mol. The maximum atomic E-state index is 12.7. The van der Waals surface area contributed by atoms with Gasteiger partial charge in [-0.05, 0) is 12.5 Å². The quantitative estimate of drug-likeness (QED) is 0.622. The van der Waals surface area contributed by atoms with Crippen LogP contribution in [0.2, 0.25) is 0 Å². The fourth-order valence-electron chi connectivity index (χ4n) is 3.34. The van der Waals surface area contributed by atoms with E-state index in [1.54, 1.807) is 16.8 Å². The zero-order chi connectivity index (χ0) is 19.6. The zero-order valence-corrected chi connectivity index (χ0v) is 15.9. The Bertz CT molecular complexity index is 849. The summed E-state index contributed by atoms with van der Waals surface area (Å²) >= 11 is 0. The van der Waals surface area contributed by atoms with Crippen molar-refractivity contribution in [2.24, 2.45) is 0 Å². The molecule has 1 unspecified atom stereocenters. The third-order valence-electron chi connectivity index (χ3n) is 5.06.